The van der Waals surface area contributed by atoms with Crippen molar-refractivity contribution in [3.8, 4) is 0 Å². The lowest BCUT2D eigenvalue weighted by atomic mass is 10.2. The maximum absolute atomic E-state index is 11.3. The summed E-state index contributed by atoms with van der Waals surface area (Å²) in [5.74, 6) is 0.140. The molecule has 0 aliphatic rings. The van der Waals surface area contributed by atoms with Crippen LogP contribution in [0.4, 0.5) is 0 Å². The average Bonchev–Trinajstić information content (AvgIpc) is 2.76. The molecular weight excluding hydrogens is 204 g/mol. The van der Waals surface area contributed by atoms with Crippen LogP contribution < -0.4 is 10.6 Å². The standard InChI is InChI=1S/C11H20N4O/c1-8(2)11(16)13-7-6-12-9(3)10-4-5-14-15-10/h4-5,8-9,12H,6-7H2,1-3H3,(H,13,16)(H,14,15). The molecule has 1 heterocycles. The van der Waals surface area contributed by atoms with Crippen molar-refractivity contribution in [2.45, 2.75) is 26.8 Å². The van der Waals surface area contributed by atoms with Crippen LogP contribution in [0.25, 0.3) is 0 Å². The van der Waals surface area contributed by atoms with Crippen molar-refractivity contribution in [1.29, 1.82) is 0 Å². The smallest absolute Gasteiger partial charge is 0.222 e. The molecule has 5 nitrogen and oxygen atoms in total. The lowest BCUT2D eigenvalue weighted by Gasteiger charge is -2.13. The second kappa shape index (κ2) is 6.27. The summed E-state index contributed by atoms with van der Waals surface area (Å²) in [5.41, 5.74) is 1.05. The Bertz CT molecular complexity index is 308. The van der Waals surface area contributed by atoms with Crippen molar-refractivity contribution < 1.29 is 4.79 Å². The van der Waals surface area contributed by atoms with Crippen LogP contribution in [0.3, 0.4) is 0 Å². The van der Waals surface area contributed by atoms with Gasteiger partial charge in [0.05, 0.1) is 5.69 Å². The Morgan fingerprint density at radius 3 is 2.75 bits per heavy atom. The van der Waals surface area contributed by atoms with E-state index in [-0.39, 0.29) is 17.9 Å². The molecule has 0 bridgehead atoms. The van der Waals surface area contributed by atoms with Crippen LogP contribution >= 0.6 is 0 Å². The first-order chi connectivity index (χ1) is 7.61. The summed E-state index contributed by atoms with van der Waals surface area (Å²) in [5, 5.41) is 12.9. The predicted molar refractivity (Wildman–Crippen MR) is 62.9 cm³/mol. The number of aromatic nitrogens is 2. The van der Waals surface area contributed by atoms with Crippen LogP contribution in [0.15, 0.2) is 12.3 Å². The highest BCUT2D eigenvalue weighted by molar-refractivity contribution is 5.77. The van der Waals surface area contributed by atoms with Crippen molar-refractivity contribution in [2.24, 2.45) is 5.92 Å². The van der Waals surface area contributed by atoms with E-state index in [1.165, 1.54) is 0 Å². The number of H-pyrrole nitrogens is 1. The zero-order valence-corrected chi connectivity index (χ0v) is 10.1. The third kappa shape index (κ3) is 4.02. The number of rotatable bonds is 6. The van der Waals surface area contributed by atoms with Gasteiger partial charge in [-0.3, -0.25) is 9.89 Å². The fraction of sp³-hybridized carbons (Fsp3) is 0.636. The highest BCUT2D eigenvalue weighted by Crippen LogP contribution is 2.05. The van der Waals surface area contributed by atoms with Gasteiger partial charge in [-0.25, -0.2) is 0 Å². The van der Waals surface area contributed by atoms with Crippen molar-refractivity contribution >= 4 is 5.91 Å². The van der Waals surface area contributed by atoms with Crippen LogP contribution in [0.2, 0.25) is 0 Å². The number of aromatic amines is 1. The molecule has 0 saturated heterocycles. The van der Waals surface area contributed by atoms with Crippen molar-refractivity contribution in [1.82, 2.24) is 20.8 Å². The highest BCUT2D eigenvalue weighted by Gasteiger charge is 2.07. The van der Waals surface area contributed by atoms with Crippen LogP contribution in [0, 0.1) is 5.92 Å². The van der Waals surface area contributed by atoms with Crippen molar-refractivity contribution in [3.05, 3.63) is 18.0 Å². The quantitative estimate of drug-likeness (QED) is 0.627. The molecule has 5 heteroatoms. The lowest BCUT2D eigenvalue weighted by Crippen LogP contribution is -2.35. The van der Waals surface area contributed by atoms with E-state index >= 15 is 0 Å². The van der Waals surface area contributed by atoms with E-state index in [2.05, 4.69) is 27.8 Å². The number of nitrogens with zero attached hydrogens (tertiary/aromatic N) is 1. The number of carbonyl (C=O) groups excluding carboxylic acids is 1. The molecule has 1 aromatic heterocycles. The monoisotopic (exact) mass is 224 g/mol. The molecular formula is C11H20N4O. The Hall–Kier alpha value is -1.36. The molecule has 16 heavy (non-hydrogen) atoms. The second-order valence-electron chi connectivity index (χ2n) is 4.13. The molecule has 1 atom stereocenters. The Balaban J connectivity index is 2.14. The number of carbonyl (C=O) groups is 1. The van der Waals surface area contributed by atoms with E-state index < -0.39 is 0 Å². The molecule has 0 aliphatic heterocycles. The van der Waals surface area contributed by atoms with Crippen LogP contribution in [0.1, 0.15) is 32.5 Å². The molecule has 1 aromatic rings. The van der Waals surface area contributed by atoms with Crippen LogP contribution in [0.5, 0.6) is 0 Å². The summed E-state index contributed by atoms with van der Waals surface area (Å²) in [7, 11) is 0. The number of hydrogen-bond donors (Lipinski definition) is 3. The summed E-state index contributed by atoms with van der Waals surface area (Å²) in [6.07, 6.45) is 1.73. The summed E-state index contributed by atoms with van der Waals surface area (Å²) in [4.78, 5) is 11.3. The molecule has 0 spiro atoms. The van der Waals surface area contributed by atoms with Crippen molar-refractivity contribution in [3.63, 3.8) is 0 Å². The average molecular weight is 224 g/mol. The number of hydrogen-bond acceptors (Lipinski definition) is 3. The van der Waals surface area contributed by atoms with Gasteiger partial charge in [-0.2, -0.15) is 5.10 Å². The Morgan fingerprint density at radius 2 is 2.19 bits per heavy atom. The van der Waals surface area contributed by atoms with Gasteiger partial charge in [0, 0.05) is 31.2 Å². The molecule has 1 amide bonds. The van der Waals surface area contributed by atoms with Gasteiger partial charge in [0.25, 0.3) is 0 Å². The predicted octanol–water partition coefficient (Wildman–Crippen LogP) is 0.832. The number of nitrogens with one attached hydrogen (secondary N) is 3. The van der Waals surface area contributed by atoms with Gasteiger partial charge in [0.15, 0.2) is 0 Å². The molecule has 0 fully saturated rings. The molecule has 3 N–H and O–H groups in total. The summed E-state index contributed by atoms with van der Waals surface area (Å²) < 4.78 is 0. The molecule has 1 unspecified atom stereocenters. The minimum absolute atomic E-state index is 0.0463. The largest absolute Gasteiger partial charge is 0.355 e. The minimum Gasteiger partial charge on any atom is -0.355 e. The van der Waals surface area contributed by atoms with Gasteiger partial charge >= 0.3 is 0 Å². The van der Waals surface area contributed by atoms with Crippen molar-refractivity contribution in [2.75, 3.05) is 13.1 Å². The first-order valence-electron chi connectivity index (χ1n) is 5.61. The zero-order valence-electron chi connectivity index (χ0n) is 10.1. The topological polar surface area (TPSA) is 69.8 Å². The molecule has 0 aliphatic carbocycles. The lowest BCUT2D eigenvalue weighted by molar-refractivity contribution is -0.123. The summed E-state index contributed by atoms with van der Waals surface area (Å²) in [6, 6.07) is 2.16. The SMILES string of the molecule is CC(C)C(=O)NCCNC(C)c1ccn[nH]1. The third-order valence-electron chi connectivity index (χ3n) is 2.39. The fourth-order valence-electron chi connectivity index (χ4n) is 1.30. The van der Waals surface area contributed by atoms with E-state index in [0.717, 1.165) is 12.2 Å². The van der Waals surface area contributed by atoms with Gasteiger partial charge in [-0.05, 0) is 13.0 Å². The molecule has 0 radical (unpaired) electrons. The van der Waals surface area contributed by atoms with Gasteiger partial charge < -0.3 is 10.6 Å². The third-order valence-corrected chi connectivity index (χ3v) is 2.39. The van der Waals surface area contributed by atoms with Gasteiger partial charge in [-0.1, -0.05) is 13.8 Å². The van der Waals surface area contributed by atoms with E-state index in [9.17, 15) is 4.79 Å². The normalized spacial score (nSPS) is 12.8. The summed E-state index contributed by atoms with van der Waals surface area (Å²) >= 11 is 0. The maximum atomic E-state index is 11.3. The van der Waals surface area contributed by atoms with Crippen LogP contribution in [-0.4, -0.2) is 29.2 Å². The van der Waals surface area contributed by atoms with Gasteiger partial charge in [0.1, 0.15) is 0 Å². The van der Waals surface area contributed by atoms with E-state index in [0.29, 0.717) is 6.54 Å². The maximum Gasteiger partial charge on any atom is 0.222 e. The fourth-order valence-corrected chi connectivity index (χ4v) is 1.30. The minimum atomic E-state index is 0.0463. The molecule has 90 valence electrons. The summed E-state index contributed by atoms with van der Waals surface area (Å²) in [6.45, 7) is 7.22. The zero-order chi connectivity index (χ0) is 12.0. The van der Waals surface area contributed by atoms with Crippen LogP contribution in [-0.2, 0) is 4.79 Å². The Labute approximate surface area is 96.0 Å². The number of amides is 1. The highest BCUT2D eigenvalue weighted by atomic mass is 16.1. The van der Waals surface area contributed by atoms with Gasteiger partial charge in [-0.15, -0.1) is 0 Å². The van der Waals surface area contributed by atoms with E-state index in [1.54, 1.807) is 6.20 Å². The van der Waals surface area contributed by atoms with E-state index in [1.807, 2.05) is 19.9 Å². The first-order valence-corrected chi connectivity index (χ1v) is 5.61. The Kier molecular flexibility index (Phi) is 4.98. The van der Waals surface area contributed by atoms with E-state index in [4.69, 9.17) is 0 Å². The Morgan fingerprint density at radius 1 is 1.44 bits per heavy atom. The first kappa shape index (κ1) is 12.7. The second-order valence-corrected chi connectivity index (χ2v) is 4.13. The van der Waals surface area contributed by atoms with Gasteiger partial charge in [0.2, 0.25) is 5.91 Å². The molecule has 0 aromatic carbocycles. The molecule has 1 rings (SSSR count). The molecule has 0 saturated carbocycles.